The third-order valence-corrected chi connectivity index (χ3v) is 3.51. The second-order valence-corrected chi connectivity index (χ2v) is 5.28. The first kappa shape index (κ1) is 16.0. The van der Waals surface area contributed by atoms with Crippen LogP contribution in [-0.2, 0) is 0 Å². The maximum absolute atomic E-state index is 2.36. The normalized spacial score (nSPS) is 13.3. The lowest BCUT2D eigenvalue weighted by Gasteiger charge is -2.17. The van der Waals surface area contributed by atoms with Crippen LogP contribution < -0.4 is 0 Å². The molecule has 0 fully saturated rings. The molecule has 0 aromatic heterocycles. The average Bonchev–Trinajstić information content (AvgIpc) is 2.26. The molecule has 0 aliphatic heterocycles. The molecule has 0 saturated carbocycles. The smallest absolute Gasteiger partial charge is 0.0269 e. The van der Waals surface area contributed by atoms with Crippen molar-refractivity contribution in [2.45, 2.75) is 85.5 Å². The van der Waals surface area contributed by atoms with Gasteiger partial charge < -0.3 is 0 Å². The Kier molecular flexibility index (Phi) is 11.5. The van der Waals surface area contributed by atoms with Crippen molar-refractivity contribution in [1.82, 2.24) is 0 Å². The molecular weight excluding hydrogens is 192 g/mol. The van der Waals surface area contributed by atoms with Crippen molar-refractivity contribution in [3.63, 3.8) is 0 Å². The van der Waals surface area contributed by atoms with E-state index >= 15 is 0 Å². The molecule has 0 heteroatoms. The van der Waals surface area contributed by atoms with Crippen LogP contribution >= 0.6 is 0 Å². The zero-order valence-electron chi connectivity index (χ0n) is 12.0. The number of hydrogen-bond acceptors (Lipinski definition) is 0. The SMILES string of the molecule is C[CH]C(CCCCCCCCCC)[C](C)C. The van der Waals surface area contributed by atoms with Gasteiger partial charge in [-0.25, -0.2) is 0 Å². The molecular formula is C16H32. The second kappa shape index (κ2) is 11.5. The van der Waals surface area contributed by atoms with E-state index in [4.69, 9.17) is 0 Å². The Morgan fingerprint density at radius 2 is 1.38 bits per heavy atom. The highest BCUT2D eigenvalue weighted by Gasteiger charge is 2.10. The predicted molar refractivity (Wildman–Crippen MR) is 75.3 cm³/mol. The van der Waals surface area contributed by atoms with Gasteiger partial charge in [0.2, 0.25) is 0 Å². The fraction of sp³-hybridized carbons (Fsp3) is 0.875. The van der Waals surface area contributed by atoms with Gasteiger partial charge in [-0.15, -0.1) is 0 Å². The molecule has 0 aliphatic carbocycles. The van der Waals surface area contributed by atoms with E-state index in [1.165, 1.54) is 57.8 Å². The monoisotopic (exact) mass is 224 g/mol. The molecule has 0 aromatic rings. The molecule has 0 bridgehead atoms. The molecule has 0 N–H and O–H groups in total. The molecule has 0 aliphatic rings. The molecule has 0 nitrogen and oxygen atoms in total. The van der Waals surface area contributed by atoms with Crippen LogP contribution in [0.3, 0.4) is 0 Å². The summed E-state index contributed by atoms with van der Waals surface area (Å²) in [5.41, 5.74) is 0. The van der Waals surface area contributed by atoms with Gasteiger partial charge in [0.05, 0.1) is 0 Å². The second-order valence-electron chi connectivity index (χ2n) is 5.28. The lowest BCUT2D eigenvalue weighted by atomic mass is 9.88. The minimum atomic E-state index is 0.764. The van der Waals surface area contributed by atoms with Gasteiger partial charge in [0.25, 0.3) is 0 Å². The summed E-state index contributed by atoms with van der Waals surface area (Å²) in [6, 6.07) is 0. The van der Waals surface area contributed by atoms with Gasteiger partial charge in [-0.2, -0.15) is 0 Å². The Morgan fingerprint density at radius 1 is 0.875 bits per heavy atom. The Bertz CT molecular complexity index is 126. The molecule has 0 amide bonds. The summed E-state index contributed by atoms with van der Waals surface area (Å²) in [5.74, 6) is 2.34. The van der Waals surface area contributed by atoms with E-state index < -0.39 is 0 Å². The van der Waals surface area contributed by atoms with Crippen molar-refractivity contribution in [3.8, 4) is 0 Å². The third-order valence-electron chi connectivity index (χ3n) is 3.51. The summed E-state index contributed by atoms with van der Waals surface area (Å²) in [4.78, 5) is 0. The Morgan fingerprint density at radius 3 is 1.81 bits per heavy atom. The van der Waals surface area contributed by atoms with Gasteiger partial charge in [0.1, 0.15) is 0 Å². The van der Waals surface area contributed by atoms with Crippen molar-refractivity contribution in [2.24, 2.45) is 5.92 Å². The third kappa shape index (κ3) is 9.24. The quantitative estimate of drug-likeness (QED) is 0.379. The number of unbranched alkanes of at least 4 members (excludes halogenated alkanes) is 7. The highest BCUT2D eigenvalue weighted by molar-refractivity contribution is 4.93. The molecule has 0 heterocycles. The van der Waals surface area contributed by atoms with E-state index in [0.717, 1.165) is 5.92 Å². The van der Waals surface area contributed by atoms with E-state index in [-0.39, 0.29) is 0 Å². The predicted octanol–water partition coefficient (Wildman–Crippen LogP) is 5.97. The van der Waals surface area contributed by atoms with Crippen LogP contribution in [0.15, 0.2) is 0 Å². The van der Waals surface area contributed by atoms with Crippen molar-refractivity contribution in [2.75, 3.05) is 0 Å². The summed E-state index contributed by atoms with van der Waals surface area (Å²) in [5, 5.41) is 0. The molecule has 1 unspecified atom stereocenters. The first-order valence-corrected chi connectivity index (χ1v) is 7.31. The van der Waals surface area contributed by atoms with Gasteiger partial charge >= 0.3 is 0 Å². The van der Waals surface area contributed by atoms with E-state index in [1.807, 2.05) is 0 Å². The lowest BCUT2D eigenvalue weighted by molar-refractivity contribution is 0.504. The topological polar surface area (TPSA) is 0 Å². The first-order valence-electron chi connectivity index (χ1n) is 7.31. The van der Waals surface area contributed by atoms with E-state index in [0.29, 0.717) is 0 Å². The maximum atomic E-state index is 2.36. The van der Waals surface area contributed by atoms with Crippen molar-refractivity contribution < 1.29 is 0 Å². The van der Waals surface area contributed by atoms with Gasteiger partial charge in [-0.05, 0) is 24.7 Å². The molecule has 0 aromatic carbocycles. The average molecular weight is 224 g/mol. The van der Waals surface area contributed by atoms with Crippen LogP contribution in [0, 0.1) is 18.3 Å². The maximum Gasteiger partial charge on any atom is -0.0269 e. The lowest BCUT2D eigenvalue weighted by Crippen LogP contribution is -2.05. The zero-order chi connectivity index (χ0) is 12.2. The van der Waals surface area contributed by atoms with Gasteiger partial charge in [0, 0.05) is 0 Å². The summed E-state index contributed by atoms with van der Waals surface area (Å²) in [6.07, 6.45) is 15.2. The fourth-order valence-corrected chi connectivity index (χ4v) is 2.29. The highest BCUT2D eigenvalue weighted by atomic mass is 14.2. The van der Waals surface area contributed by atoms with Crippen LogP contribution in [0.25, 0.3) is 0 Å². The van der Waals surface area contributed by atoms with Crippen molar-refractivity contribution >= 4 is 0 Å². The summed E-state index contributed by atoms with van der Waals surface area (Å²) < 4.78 is 0. The Hall–Kier alpha value is 0. The van der Waals surface area contributed by atoms with E-state index in [2.05, 4.69) is 34.1 Å². The summed E-state index contributed by atoms with van der Waals surface area (Å²) in [7, 11) is 0. The molecule has 0 saturated heterocycles. The molecule has 16 heavy (non-hydrogen) atoms. The Balaban J connectivity index is 3.19. The summed E-state index contributed by atoms with van der Waals surface area (Å²) >= 11 is 0. The standard InChI is InChI=1S/C16H32/c1-5-7-8-9-10-11-12-13-14-16(6-2)15(3)4/h6,16H,5,7-14H2,1-4H3. The van der Waals surface area contributed by atoms with E-state index in [1.54, 1.807) is 5.92 Å². The van der Waals surface area contributed by atoms with Crippen LogP contribution in [0.2, 0.25) is 0 Å². The zero-order valence-corrected chi connectivity index (χ0v) is 12.0. The largest absolute Gasteiger partial charge is 0.0654 e. The minimum Gasteiger partial charge on any atom is -0.0654 e. The number of hydrogen-bond donors (Lipinski definition) is 0. The number of rotatable bonds is 11. The summed E-state index contributed by atoms with van der Waals surface area (Å²) in [6.45, 7) is 9.00. The van der Waals surface area contributed by atoms with Gasteiger partial charge in [0.15, 0.2) is 0 Å². The van der Waals surface area contributed by atoms with Gasteiger partial charge in [-0.3, -0.25) is 0 Å². The van der Waals surface area contributed by atoms with Gasteiger partial charge in [-0.1, -0.05) is 79.1 Å². The first-order chi connectivity index (χ1) is 7.72. The van der Waals surface area contributed by atoms with Crippen molar-refractivity contribution in [3.05, 3.63) is 12.3 Å². The van der Waals surface area contributed by atoms with Crippen molar-refractivity contribution in [1.29, 1.82) is 0 Å². The molecule has 0 spiro atoms. The molecule has 2 radical (unpaired) electrons. The highest BCUT2D eigenvalue weighted by Crippen LogP contribution is 2.23. The molecule has 0 rings (SSSR count). The fourth-order valence-electron chi connectivity index (χ4n) is 2.29. The van der Waals surface area contributed by atoms with Crippen LogP contribution in [-0.4, -0.2) is 0 Å². The molecule has 1 atom stereocenters. The van der Waals surface area contributed by atoms with Crippen LogP contribution in [0.4, 0.5) is 0 Å². The minimum absolute atomic E-state index is 0.764. The molecule has 96 valence electrons. The van der Waals surface area contributed by atoms with Crippen LogP contribution in [0.1, 0.15) is 85.5 Å². The Labute approximate surface area is 104 Å². The van der Waals surface area contributed by atoms with E-state index in [9.17, 15) is 0 Å². The van der Waals surface area contributed by atoms with Crippen LogP contribution in [0.5, 0.6) is 0 Å².